The molecule has 1 aliphatic heterocycles. The average molecular weight is 440 g/mol. The Balaban J connectivity index is 2.48. The molecule has 118 valence electrons. The summed E-state index contributed by atoms with van der Waals surface area (Å²) in [5.41, 5.74) is 6.81. The third-order valence-corrected chi connectivity index (χ3v) is 7.84. The van der Waals surface area contributed by atoms with Gasteiger partial charge >= 0.3 is 0 Å². The molecule has 0 saturated carbocycles. The molecule has 21 heavy (non-hydrogen) atoms. The summed E-state index contributed by atoms with van der Waals surface area (Å²) in [6.07, 6.45) is 1.90. The molecule has 2 N–H and O–H groups in total. The molecule has 2 unspecified atom stereocenters. The van der Waals surface area contributed by atoms with Crippen molar-refractivity contribution in [3.8, 4) is 0 Å². The Labute approximate surface area is 143 Å². The maximum absolute atomic E-state index is 13.0. The van der Waals surface area contributed by atoms with E-state index in [1.165, 1.54) is 0 Å². The van der Waals surface area contributed by atoms with Crippen LogP contribution in [0.15, 0.2) is 26.0 Å². The lowest BCUT2D eigenvalue weighted by Gasteiger charge is -2.38. The van der Waals surface area contributed by atoms with Crippen molar-refractivity contribution in [2.75, 3.05) is 13.1 Å². The summed E-state index contributed by atoms with van der Waals surface area (Å²) in [6.45, 7) is 4.88. The van der Waals surface area contributed by atoms with Crippen molar-refractivity contribution in [1.29, 1.82) is 0 Å². The summed E-state index contributed by atoms with van der Waals surface area (Å²) in [7, 11) is -3.55. The number of nitrogens with two attached hydrogens (primary N) is 1. The molecule has 1 fully saturated rings. The topological polar surface area (TPSA) is 63.4 Å². The number of piperidine rings is 1. The Hall–Kier alpha value is 0.0500. The monoisotopic (exact) mass is 438 g/mol. The highest BCUT2D eigenvalue weighted by Gasteiger charge is 2.37. The van der Waals surface area contributed by atoms with Gasteiger partial charge in [0.05, 0.1) is 4.90 Å². The molecule has 0 aromatic heterocycles. The second-order valence-corrected chi connectivity index (χ2v) is 9.14. The molecule has 4 nitrogen and oxygen atoms in total. The zero-order valence-electron chi connectivity index (χ0n) is 12.1. The molecule has 7 heteroatoms. The van der Waals surface area contributed by atoms with Gasteiger partial charge in [-0.2, -0.15) is 4.31 Å². The Morgan fingerprint density at radius 2 is 2.00 bits per heavy atom. The van der Waals surface area contributed by atoms with E-state index in [1.54, 1.807) is 10.4 Å². The van der Waals surface area contributed by atoms with E-state index in [9.17, 15) is 8.42 Å². The Morgan fingerprint density at radius 3 is 2.62 bits per heavy atom. The fraction of sp³-hybridized carbons (Fsp3) is 0.571. The number of benzene rings is 1. The molecule has 0 amide bonds. The molecule has 0 radical (unpaired) electrons. The van der Waals surface area contributed by atoms with Crippen LogP contribution in [0.5, 0.6) is 0 Å². The van der Waals surface area contributed by atoms with Crippen molar-refractivity contribution in [2.24, 2.45) is 11.7 Å². The van der Waals surface area contributed by atoms with Crippen LogP contribution in [0, 0.1) is 12.8 Å². The van der Waals surface area contributed by atoms with E-state index in [1.807, 2.05) is 13.0 Å². The number of aryl methyl sites for hydroxylation is 1. The van der Waals surface area contributed by atoms with Gasteiger partial charge in [0.1, 0.15) is 0 Å². The van der Waals surface area contributed by atoms with Crippen molar-refractivity contribution in [3.05, 3.63) is 26.6 Å². The average Bonchev–Trinajstić information content (AvgIpc) is 2.42. The summed E-state index contributed by atoms with van der Waals surface area (Å²) >= 11 is 6.80. The summed E-state index contributed by atoms with van der Waals surface area (Å²) in [6, 6.07) is 3.36. The number of hydrogen-bond donors (Lipinski definition) is 1. The Bertz CT molecular complexity index is 634. The predicted octanol–water partition coefficient (Wildman–Crippen LogP) is 3.27. The second-order valence-electron chi connectivity index (χ2n) is 5.57. The fourth-order valence-corrected chi connectivity index (χ4v) is 6.22. The van der Waals surface area contributed by atoms with Crippen molar-refractivity contribution >= 4 is 41.9 Å². The smallest absolute Gasteiger partial charge is 0.244 e. The molecule has 1 aromatic carbocycles. The van der Waals surface area contributed by atoms with Gasteiger partial charge in [0.15, 0.2) is 0 Å². The summed E-state index contributed by atoms with van der Waals surface area (Å²) in [4.78, 5) is 0.299. The second kappa shape index (κ2) is 6.66. The molecule has 1 aromatic rings. The molecule has 0 spiro atoms. The Morgan fingerprint density at radius 1 is 1.33 bits per heavy atom. The molecule has 0 aliphatic carbocycles. The van der Waals surface area contributed by atoms with E-state index in [-0.39, 0.29) is 12.0 Å². The van der Waals surface area contributed by atoms with Crippen LogP contribution >= 0.6 is 31.9 Å². The minimum Gasteiger partial charge on any atom is -0.329 e. The fourth-order valence-electron chi connectivity index (χ4n) is 2.81. The van der Waals surface area contributed by atoms with Crippen LogP contribution in [-0.2, 0) is 10.0 Å². The minimum absolute atomic E-state index is 0.129. The maximum Gasteiger partial charge on any atom is 0.244 e. The molecule has 1 heterocycles. The van der Waals surface area contributed by atoms with Crippen LogP contribution in [0.1, 0.15) is 25.3 Å². The van der Waals surface area contributed by atoms with Crippen molar-refractivity contribution in [1.82, 2.24) is 4.31 Å². The van der Waals surface area contributed by atoms with E-state index in [0.29, 0.717) is 22.5 Å². The Kier molecular flexibility index (Phi) is 5.52. The van der Waals surface area contributed by atoms with Gasteiger partial charge in [0.2, 0.25) is 10.0 Å². The summed E-state index contributed by atoms with van der Waals surface area (Å²) in [5.74, 6) is 0.284. The standard InChI is InChI=1S/C14H20Br2N2O2S/c1-9-4-3-5-18(13(9)8-17)21(19,20)14-7-11(15)10(2)6-12(14)16/h6-7,9,13H,3-5,8,17H2,1-2H3. The van der Waals surface area contributed by atoms with Gasteiger partial charge in [0.25, 0.3) is 0 Å². The molecule has 0 bridgehead atoms. The van der Waals surface area contributed by atoms with Gasteiger partial charge < -0.3 is 5.73 Å². The van der Waals surface area contributed by atoms with Crippen LogP contribution in [0.25, 0.3) is 0 Å². The molecule has 2 rings (SSSR count). The number of hydrogen-bond acceptors (Lipinski definition) is 3. The van der Waals surface area contributed by atoms with E-state index in [2.05, 4.69) is 38.8 Å². The first-order valence-corrected chi connectivity index (χ1v) is 9.99. The first kappa shape index (κ1) is 17.4. The van der Waals surface area contributed by atoms with Crippen LogP contribution in [0.4, 0.5) is 0 Å². The molecule has 2 atom stereocenters. The number of sulfonamides is 1. The molecule has 1 aliphatic rings. The van der Waals surface area contributed by atoms with Crippen molar-refractivity contribution in [2.45, 2.75) is 37.6 Å². The van der Waals surface area contributed by atoms with Gasteiger partial charge in [-0.25, -0.2) is 8.42 Å². The van der Waals surface area contributed by atoms with Gasteiger partial charge in [-0.3, -0.25) is 0 Å². The number of rotatable bonds is 3. The van der Waals surface area contributed by atoms with E-state index >= 15 is 0 Å². The third kappa shape index (κ3) is 3.37. The first-order valence-electron chi connectivity index (χ1n) is 6.96. The van der Waals surface area contributed by atoms with Gasteiger partial charge in [0, 0.05) is 28.1 Å². The third-order valence-electron chi connectivity index (χ3n) is 4.11. The molecule has 1 saturated heterocycles. The lowest BCUT2D eigenvalue weighted by atomic mass is 9.93. The minimum atomic E-state index is -3.55. The zero-order valence-corrected chi connectivity index (χ0v) is 16.1. The highest BCUT2D eigenvalue weighted by atomic mass is 79.9. The zero-order chi connectivity index (χ0) is 15.8. The maximum atomic E-state index is 13.0. The van der Waals surface area contributed by atoms with Crippen molar-refractivity contribution in [3.63, 3.8) is 0 Å². The first-order chi connectivity index (χ1) is 9.78. The van der Waals surface area contributed by atoms with Crippen LogP contribution in [-0.4, -0.2) is 31.9 Å². The van der Waals surface area contributed by atoms with Crippen LogP contribution < -0.4 is 5.73 Å². The van der Waals surface area contributed by atoms with Crippen LogP contribution in [0.2, 0.25) is 0 Å². The molecular weight excluding hydrogens is 420 g/mol. The number of halogens is 2. The number of nitrogens with zero attached hydrogens (tertiary/aromatic N) is 1. The quantitative estimate of drug-likeness (QED) is 0.785. The summed E-state index contributed by atoms with van der Waals surface area (Å²) < 4.78 is 29.0. The predicted molar refractivity (Wildman–Crippen MR) is 91.7 cm³/mol. The van der Waals surface area contributed by atoms with Crippen molar-refractivity contribution < 1.29 is 8.42 Å². The van der Waals surface area contributed by atoms with Gasteiger partial charge in [-0.15, -0.1) is 0 Å². The summed E-state index contributed by atoms with van der Waals surface area (Å²) in [5, 5.41) is 0. The molecular formula is C14H20Br2N2O2S. The highest BCUT2D eigenvalue weighted by molar-refractivity contribution is 9.11. The SMILES string of the molecule is Cc1cc(Br)c(S(=O)(=O)N2CCCC(C)C2CN)cc1Br. The van der Waals surface area contributed by atoms with Gasteiger partial charge in [-0.1, -0.05) is 22.9 Å². The normalized spacial score (nSPS) is 24.2. The van der Waals surface area contributed by atoms with E-state index in [0.717, 1.165) is 22.9 Å². The largest absolute Gasteiger partial charge is 0.329 e. The van der Waals surface area contributed by atoms with Crippen LogP contribution in [0.3, 0.4) is 0 Å². The van der Waals surface area contributed by atoms with E-state index < -0.39 is 10.0 Å². The lowest BCUT2D eigenvalue weighted by molar-refractivity contribution is 0.192. The van der Waals surface area contributed by atoms with E-state index in [4.69, 9.17) is 5.73 Å². The lowest BCUT2D eigenvalue weighted by Crippen LogP contribution is -2.51. The van der Waals surface area contributed by atoms with Gasteiger partial charge in [-0.05, 0) is 59.3 Å². The highest BCUT2D eigenvalue weighted by Crippen LogP contribution is 2.34.